The van der Waals surface area contributed by atoms with Crippen LogP contribution < -0.4 is 5.73 Å². The van der Waals surface area contributed by atoms with Crippen LogP contribution in [0.1, 0.15) is 19.3 Å². The van der Waals surface area contributed by atoms with Gasteiger partial charge in [-0.1, -0.05) is 6.08 Å². The van der Waals surface area contributed by atoms with Gasteiger partial charge < -0.3 is 10.5 Å². The first-order valence-corrected chi connectivity index (χ1v) is 3.90. The fourth-order valence-electron chi connectivity index (χ4n) is 0.856. The maximum atomic E-state index is 10.8. The molecule has 3 heteroatoms. The van der Waals surface area contributed by atoms with E-state index in [1.807, 2.05) is 0 Å². The molecule has 1 aliphatic carbocycles. The van der Waals surface area contributed by atoms with E-state index in [-0.39, 0.29) is 12.1 Å². The molecule has 0 radical (unpaired) electrons. The number of ether oxygens (including phenoxy) is 1. The first kappa shape index (κ1) is 8.27. The summed E-state index contributed by atoms with van der Waals surface area (Å²) < 4.78 is 5.01. The smallest absolute Gasteiger partial charge is 0.330 e. The van der Waals surface area contributed by atoms with E-state index in [0.717, 1.165) is 12.8 Å². The summed E-state index contributed by atoms with van der Waals surface area (Å²) in [4.78, 5) is 10.8. The van der Waals surface area contributed by atoms with Crippen molar-refractivity contribution in [3.63, 3.8) is 0 Å². The zero-order valence-electron chi connectivity index (χ0n) is 6.45. The molecule has 1 aliphatic rings. The molecule has 11 heavy (non-hydrogen) atoms. The van der Waals surface area contributed by atoms with Crippen LogP contribution in [-0.2, 0) is 9.53 Å². The molecule has 0 aliphatic heterocycles. The summed E-state index contributed by atoms with van der Waals surface area (Å²) in [7, 11) is 0. The number of carbonyl (C=O) groups excluding carboxylic acids is 1. The van der Waals surface area contributed by atoms with Gasteiger partial charge in [-0.25, -0.2) is 4.79 Å². The number of hydrogen-bond acceptors (Lipinski definition) is 3. The first-order chi connectivity index (χ1) is 5.33. The van der Waals surface area contributed by atoms with Crippen molar-refractivity contribution in [2.45, 2.75) is 25.4 Å². The molecule has 1 fully saturated rings. The summed E-state index contributed by atoms with van der Waals surface area (Å²) in [5, 5.41) is 0. The molecular weight excluding hydrogens is 142 g/mol. The Balaban J connectivity index is 2.14. The van der Waals surface area contributed by atoms with Crippen LogP contribution >= 0.6 is 0 Å². The topological polar surface area (TPSA) is 52.3 Å². The Morgan fingerprint density at radius 1 is 1.64 bits per heavy atom. The van der Waals surface area contributed by atoms with E-state index in [1.165, 1.54) is 12.5 Å². The summed E-state index contributed by atoms with van der Waals surface area (Å²) in [6.07, 6.45) is 6.37. The third-order valence-electron chi connectivity index (χ3n) is 1.73. The van der Waals surface area contributed by atoms with Crippen LogP contribution in [0.15, 0.2) is 12.2 Å². The quantitative estimate of drug-likeness (QED) is 0.479. The molecule has 0 unspecified atom stereocenters. The first-order valence-electron chi connectivity index (χ1n) is 3.90. The molecule has 0 amide bonds. The number of rotatable bonds is 3. The maximum absolute atomic E-state index is 10.8. The van der Waals surface area contributed by atoms with Crippen molar-refractivity contribution in [3.8, 4) is 0 Å². The van der Waals surface area contributed by atoms with Gasteiger partial charge in [-0.2, -0.15) is 0 Å². The molecule has 3 nitrogen and oxygen atoms in total. The minimum Gasteiger partial charge on any atom is -0.459 e. The predicted molar refractivity (Wildman–Crippen MR) is 41.9 cm³/mol. The zero-order valence-corrected chi connectivity index (χ0v) is 6.45. The van der Waals surface area contributed by atoms with E-state index in [1.54, 1.807) is 6.08 Å². The third-order valence-corrected chi connectivity index (χ3v) is 1.73. The minimum absolute atomic E-state index is 0.171. The molecule has 0 bridgehead atoms. The molecule has 1 saturated carbocycles. The average molecular weight is 155 g/mol. The predicted octanol–water partition coefficient (Wildman–Crippen LogP) is 0.597. The van der Waals surface area contributed by atoms with Gasteiger partial charge in [0.1, 0.15) is 6.10 Å². The third kappa shape index (κ3) is 2.72. The van der Waals surface area contributed by atoms with Gasteiger partial charge in [-0.3, -0.25) is 0 Å². The van der Waals surface area contributed by atoms with Gasteiger partial charge in [-0.05, 0) is 19.3 Å². The highest BCUT2D eigenvalue weighted by atomic mass is 16.5. The molecule has 0 saturated heterocycles. The lowest BCUT2D eigenvalue weighted by atomic mass is 9.96. The van der Waals surface area contributed by atoms with Crippen LogP contribution in [0, 0.1) is 0 Å². The largest absolute Gasteiger partial charge is 0.459 e. The minimum atomic E-state index is -0.264. The van der Waals surface area contributed by atoms with Crippen LogP contribution in [0.4, 0.5) is 0 Å². The molecule has 2 N–H and O–H groups in total. The zero-order chi connectivity index (χ0) is 8.10. The Hall–Kier alpha value is -0.830. The van der Waals surface area contributed by atoms with E-state index in [0.29, 0.717) is 6.54 Å². The molecule has 0 aromatic rings. The molecule has 0 atom stereocenters. The lowest BCUT2D eigenvalue weighted by Crippen LogP contribution is -2.24. The number of nitrogens with two attached hydrogens (primary N) is 1. The summed E-state index contributed by atoms with van der Waals surface area (Å²) >= 11 is 0. The van der Waals surface area contributed by atoms with Gasteiger partial charge >= 0.3 is 5.97 Å². The van der Waals surface area contributed by atoms with Crippen LogP contribution in [-0.4, -0.2) is 18.6 Å². The van der Waals surface area contributed by atoms with Crippen molar-refractivity contribution in [2.75, 3.05) is 6.54 Å². The molecule has 0 spiro atoms. The van der Waals surface area contributed by atoms with Gasteiger partial charge in [0, 0.05) is 12.6 Å². The normalized spacial score (nSPS) is 18.3. The van der Waals surface area contributed by atoms with Crippen molar-refractivity contribution in [1.29, 1.82) is 0 Å². The summed E-state index contributed by atoms with van der Waals surface area (Å²) in [5.74, 6) is -0.264. The summed E-state index contributed by atoms with van der Waals surface area (Å²) in [5.41, 5.74) is 5.16. The van der Waals surface area contributed by atoms with Crippen LogP contribution in [0.3, 0.4) is 0 Å². The van der Waals surface area contributed by atoms with Gasteiger partial charge in [0.2, 0.25) is 0 Å². The van der Waals surface area contributed by atoms with Gasteiger partial charge in [0.25, 0.3) is 0 Å². The molecule has 0 aromatic heterocycles. The van der Waals surface area contributed by atoms with Crippen LogP contribution in [0.2, 0.25) is 0 Å². The highest BCUT2D eigenvalue weighted by Gasteiger charge is 2.20. The van der Waals surface area contributed by atoms with Gasteiger partial charge in [-0.15, -0.1) is 0 Å². The number of hydrogen-bond donors (Lipinski definition) is 1. The highest BCUT2D eigenvalue weighted by Crippen LogP contribution is 2.21. The Morgan fingerprint density at radius 2 is 2.36 bits per heavy atom. The van der Waals surface area contributed by atoms with E-state index in [9.17, 15) is 4.79 Å². The Labute approximate surface area is 66.2 Å². The van der Waals surface area contributed by atoms with Crippen molar-refractivity contribution in [1.82, 2.24) is 0 Å². The van der Waals surface area contributed by atoms with E-state index >= 15 is 0 Å². The maximum Gasteiger partial charge on any atom is 0.330 e. The second kappa shape index (κ2) is 4.13. The molecule has 1 rings (SSSR count). The van der Waals surface area contributed by atoms with E-state index < -0.39 is 0 Å². The van der Waals surface area contributed by atoms with Gasteiger partial charge in [0.15, 0.2) is 0 Å². The van der Waals surface area contributed by atoms with E-state index in [2.05, 4.69) is 0 Å². The number of esters is 1. The monoisotopic (exact) mass is 155 g/mol. The Bertz CT molecular complexity index is 161. The fraction of sp³-hybridized carbons (Fsp3) is 0.625. The molecule has 0 heterocycles. The van der Waals surface area contributed by atoms with Crippen LogP contribution in [0.25, 0.3) is 0 Å². The second-order valence-electron chi connectivity index (χ2n) is 2.63. The highest BCUT2D eigenvalue weighted by molar-refractivity contribution is 5.82. The summed E-state index contributed by atoms with van der Waals surface area (Å²) in [6, 6.07) is 0. The molecule has 62 valence electrons. The van der Waals surface area contributed by atoms with Crippen LogP contribution in [0.5, 0.6) is 0 Å². The van der Waals surface area contributed by atoms with Crippen molar-refractivity contribution >= 4 is 5.97 Å². The Morgan fingerprint density at radius 3 is 2.82 bits per heavy atom. The van der Waals surface area contributed by atoms with Crippen molar-refractivity contribution in [3.05, 3.63) is 12.2 Å². The summed E-state index contributed by atoms with van der Waals surface area (Å²) in [6.45, 7) is 0.389. The standard InChI is InChI=1S/C8H13NO2/c9-6-2-5-8(10)11-7-3-1-4-7/h2,5,7H,1,3-4,6,9H2/b5-2+. The molecular formula is C8H13NO2. The van der Waals surface area contributed by atoms with Crippen molar-refractivity contribution < 1.29 is 9.53 Å². The average Bonchev–Trinajstić information content (AvgIpc) is 1.93. The lowest BCUT2D eigenvalue weighted by molar-refractivity contribution is -0.146. The van der Waals surface area contributed by atoms with Gasteiger partial charge in [0.05, 0.1) is 0 Å². The molecule has 0 aromatic carbocycles. The second-order valence-corrected chi connectivity index (χ2v) is 2.63. The fourth-order valence-corrected chi connectivity index (χ4v) is 0.856. The SMILES string of the molecule is NC/C=C/C(=O)OC1CCC1. The number of carbonyl (C=O) groups is 1. The van der Waals surface area contributed by atoms with E-state index in [4.69, 9.17) is 10.5 Å². The lowest BCUT2D eigenvalue weighted by Gasteiger charge is -2.24. The van der Waals surface area contributed by atoms with Crippen molar-refractivity contribution in [2.24, 2.45) is 5.73 Å². The Kier molecular flexibility index (Phi) is 3.11.